The van der Waals surface area contributed by atoms with E-state index in [1.54, 1.807) is 0 Å². The molecule has 0 amide bonds. The van der Waals surface area contributed by atoms with Gasteiger partial charge in [0.05, 0.1) is 0 Å². The minimum absolute atomic E-state index is 0.247. The van der Waals surface area contributed by atoms with Gasteiger partial charge in [0, 0.05) is 5.41 Å². The highest BCUT2D eigenvalue weighted by Crippen LogP contribution is 2.48. The Morgan fingerprint density at radius 1 is 0.700 bits per heavy atom. The van der Waals surface area contributed by atoms with Crippen molar-refractivity contribution in [3.8, 4) is 0 Å². The Labute approximate surface area is 252 Å². The minimum atomic E-state index is -0.247. The van der Waals surface area contributed by atoms with E-state index < -0.39 is 0 Å². The van der Waals surface area contributed by atoms with Gasteiger partial charge in [-0.2, -0.15) is 0 Å². The summed E-state index contributed by atoms with van der Waals surface area (Å²) in [5, 5.41) is 0. The van der Waals surface area contributed by atoms with Crippen molar-refractivity contribution < 1.29 is 0 Å². The highest BCUT2D eigenvalue weighted by molar-refractivity contribution is 5.51. The number of rotatable bonds is 10. The van der Waals surface area contributed by atoms with Crippen LogP contribution in [0, 0.1) is 31.6 Å². The maximum Gasteiger partial charge on any atom is 0.0474 e. The Kier molecular flexibility index (Phi) is 26.6. The summed E-state index contributed by atoms with van der Waals surface area (Å²) in [7, 11) is 0. The molecule has 2 aromatic carbocycles. The fraction of sp³-hybridized carbons (Fsp3) is 0.500. The quantitative estimate of drug-likeness (QED) is 0.260. The van der Waals surface area contributed by atoms with Crippen LogP contribution in [0.15, 0.2) is 97.1 Å². The van der Waals surface area contributed by atoms with Crippen molar-refractivity contribution in [2.45, 2.75) is 116 Å². The molecule has 0 saturated heterocycles. The number of aryl methyl sites for hydroxylation is 2. The van der Waals surface area contributed by atoms with Gasteiger partial charge in [0.1, 0.15) is 0 Å². The van der Waals surface area contributed by atoms with Crippen LogP contribution in [0.3, 0.4) is 0 Å². The molecule has 0 aliphatic carbocycles. The van der Waals surface area contributed by atoms with Crippen molar-refractivity contribution in [2.24, 2.45) is 17.8 Å². The fourth-order valence-corrected chi connectivity index (χ4v) is 4.78. The lowest BCUT2D eigenvalue weighted by molar-refractivity contribution is 0.433. The van der Waals surface area contributed by atoms with Gasteiger partial charge in [-0.15, -0.1) is 6.58 Å². The second-order valence-electron chi connectivity index (χ2n) is 9.28. The Bertz CT molecular complexity index is 889. The third-order valence-electron chi connectivity index (χ3n) is 6.96. The second-order valence-corrected chi connectivity index (χ2v) is 9.28. The summed E-state index contributed by atoms with van der Waals surface area (Å²) < 4.78 is 0. The van der Waals surface area contributed by atoms with Crippen LogP contribution in [0.2, 0.25) is 0 Å². The van der Waals surface area contributed by atoms with Gasteiger partial charge in [-0.3, -0.25) is 0 Å². The first kappa shape index (κ1) is 41.9. The Hall–Kier alpha value is -2.60. The monoisotopic (exact) mass is 547 g/mol. The van der Waals surface area contributed by atoms with Gasteiger partial charge in [-0.25, -0.2) is 0 Å². The minimum Gasteiger partial charge on any atom is -0.103 e. The zero-order valence-electron chi connectivity index (χ0n) is 29.2. The van der Waals surface area contributed by atoms with Gasteiger partial charge < -0.3 is 0 Å². The van der Waals surface area contributed by atoms with Crippen LogP contribution < -0.4 is 0 Å². The van der Waals surface area contributed by atoms with Crippen LogP contribution in [-0.4, -0.2) is 0 Å². The van der Waals surface area contributed by atoms with Gasteiger partial charge >= 0.3 is 0 Å². The number of benzene rings is 2. The molecule has 226 valence electrons. The summed E-state index contributed by atoms with van der Waals surface area (Å²) in [6, 6.07) is 18.3. The summed E-state index contributed by atoms with van der Waals surface area (Å²) in [4.78, 5) is 0. The average molecular weight is 547 g/mol. The third-order valence-corrected chi connectivity index (χ3v) is 6.96. The van der Waals surface area contributed by atoms with Gasteiger partial charge in [0.15, 0.2) is 0 Å². The Morgan fingerprint density at radius 2 is 1.10 bits per heavy atom. The molecule has 0 fully saturated rings. The molecule has 3 atom stereocenters. The third kappa shape index (κ3) is 12.3. The molecule has 0 aromatic heterocycles. The van der Waals surface area contributed by atoms with E-state index in [1.807, 2.05) is 55.4 Å². The predicted octanol–water partition coefficient (Wildman–Crippen LogP) is 13.3. The SMILES string of the molecule is C=CC(C)C(C)/C=C(\C)C(c1ccc(C)cc1)(c1ccc(C)cc1)C(/C=C\C)C/C=C/C.CC.CC.CC.CC. The Balaban J connectivity index is -0.00000157. The summed E-state index contributed by atoms with van der Waals surface area (Å²) in [6.07, 6.45) is 14.6. The maximum absolute atomic E-state index is 4.04. The molecule has 0 heterocycles. The molecule has 0 radical (unpaired) electrons. The van der Waals surface area contributed by atoms with E-state index in [-0.39, 0.29) is 5.41 Å². The largest absolute Gasteiger partial charge is 0.103 e. The molecule has 0 saturated carbocycles. The highest BCUT2D eigenvalue weighted by Gasteiger charge is 2.42. The van der Waals surface area contributed by atoms with Crippen molar-refractivity contribution in [2.75, 3.05) is 0 Å². The van der Waals surface area contributed by atoms with E-state index in [9.17, 15) is 0 Å². The number of hydrogen-bond acceptors (Lipinski definition) is 0. The molecule has 40 heavy (non-hydrogen) atoms. The van der Waals surface area contributed by atoms with Crippen molar-refractivity contribution in [1.29, 1.82) is 0 Å². The fourth-order valence-electron chi connectivity index (χ4n) is 4.78. The van der Waals surface area contributed by atoms with Crippen LogP contribution in [-0.2, 0) is 5.41 Å². The predicted molar refractivity (Wildman–Crippen MR) is 189 cm³/mol. The lowest BCUT2D eigenvalue weighted by Crippen LogP contribution is -2.37. The number of hydrogen-bond donors (Lipinski definition) is 0. The first-order valence-corrected chi connectivity index (χ1v) is 16.0. The molecule has 0 heteroatoms. The maximum atomic E-state index is 4.04. The Morgan fingerprint density at radius 3 is 1.43 bits per heavy atom. The van der Waals surface area contributed by atoms with E-state index in [4.69, 9.17) is 0 Å². The van der Waals surface area contributed by atoms with Gasteiger partial charge in [-0.1, -0.05) is 171 Å². The van der Waals surface area contributed by atoms with Crippen LogP contribution >= 0.6 is 0 Å². The summed E-state index contributed by atoms with van der Waals surface area (Å²) in [5.74, 6) is 1.14. The molecule has 3 unspecified atom stereocenters. The van der Waals surface area contributed by atoms with Crippen LogP contribution in [0.4, 0.5) is 0 Å². The molecule has 2 aromatic rings. The molecular weight excluding hydrogens is 480 g/mol. The molecule has 0 bridgehead atoms. The van der Waals surface area contributed by atoms with E-state index in [1.165, 1.54) is 27.8 Å². The topological polar surface area (TPSA) is 0 Å². The zero-order valence-corrected chi connectivity index (χ0v) is 29.2. The van der Waals surface area contributed by atoms with Crippen molar-refractivity contribution >= 4 is 0 Å². The summed E-state index contributed by atoms with van der Waals surface area (Å²) in [5.41, 5.74) is 6.44. The highest BCUT2D eigenvalue weighted by atomic mass is 14.4. The first-order valence-electron chi connectivity index (χ1n) is 16.0. The smallest absolute Gasteiger partial charge is 0.0474 e. The summed E-state index contributed by atoms with van der Waals surface area (Å²) >= 11 is 0. The van der Waals surface area contributed by atoms with Gasteiger partial charge in [0.2, 0.25) is 0 Å². The molecule has 0 N–H and O–H groups in total. The normalized spacial score (nSPS) is 13.2. The summed E-state index contributed by atoms with van der Waals surface area (Å²) in [6.45, 7) is 35.5. The van der Waals surface area contributed by atoms with E-state index in [2.05, 4.69) is 140 Å². The van der Waals surface area contributed by atoms with Gasteiger partial charge in [-0.05, 0) is 69.9 Å². The first-order chi connectivity index (χ1) is 19.3. The van der Waals surface area contributed by atoms with Gasteiger partial charge in [0.25, 0.3) is 0 Å². The molecule has 0 spiro atoms. The van der Waals surface area contributed by atoms with Crippen molar-refractivity contribution in [3.05, 3.63) is 119 Å². The number of allylic oxidation sites excluding steroid dienone is 7. The van der Waals surface area contributed by atoms with E-state index in [0.29, 0.717) is 17.8 Å². The van der Waals surface area contributed by atoms with Crippen molar-refractivity contribution in [3.63, 3.8) is 0 Å². The zero-order chi connectivity index (χ0) is 31.7. The van der Waals surface area contributed by atoms with E-state index >= 15 is 0 Å². The van der Waals surface area contributed by atoms with Crippen molar-refractivity contribution in [1.82, 2.24) is 0 Å². The molecule has 0 aliphatic heterocycles. The molecule has 2 rings (SSSR count). The van der Waals surface area contributed by atoms with Crippen LogP contribution in [0.5, 0.6) is 0 Å². The van der Waals surface area contributed by atoms with Crippen LogP contribution in [0.1, 0.15) is 119 Å². The molecule has 0 aliphatic rings. The lowest BCUT2D eigenvalue weighted by atomic mass is 9.60. The standard InChI is InChI=1S/C32H42.4C2H6/c1-9-12-14-29(13-10-2)32(30-19-15-24(4)16-20-30,31-21-17-25(5)18-22-31)28(8)23-27(7)26(6)11-3;4*1-2/h9-13,15-23,26-27,29H,3,14H2,1-2,4-8H3;4*1-2H3/b12-9+,13-10-,28-23+;;;;. The molecular formula is C40H66. The molecule has 0 nitrogen and oxygen atoms in total. The lowest BCUT2D eigenvalue weighted by Gasteiger charge is -2.43. The van der Waals surface area contributed by atoms with Crippen LogP contribution in [0.25, 0.3) is 0 Å². The average Bonchev–Trinajstić information content (AvgIpc) is 3.01. The van der Waals surface area contributed by atoms with E-state index in [0.717, 1.165) is 6.42 Å². The second kappa shape index (κ2) is 25.4.